The molecule has 0 saturated carbocycles. The highest BCUT2D eigenvalue weighted by Crippen LogP contribution is 2.44. The molecule has 0 bridgehead atoms. The molecule has 3 aromatic rings. The maximum absolute atomic E-state index is 13.4. The minimum atomic E-state index is -1.08. The van der Waals surface area contributed by atoms with Crippen molar-refractivity contribution < 1.29 is 34.1 Å². The van der Waals surface area contributed by atoms with Gasteiger partial charge in [-0.05, 0) is 60.5 Å². The summed E-state index contributed by atoms with van der Waals surface area (Å²) in [5.41, 5.74) is 0.833. The Labute approximate surface area is 218 Å². The molecule has 9 heteroatoms. The number of benzene rings is 3. The second kappa shape index (κ2) is 10.8. The summed E-state index contributed by atoms with van der Waals surface area (Å²) in [5.74, 6) is -2.64. The number of anilines is 1. The fourth-order valence-corrected chi connectivity index (χ4v) is 4.31. The Balaban J connectivity index is 1.92. The van der Waals surface area contributed by atoms with Gasteiger partial charge in [-0.1, -0.05) is 36.7 Å². The van der Waals surface area contributed by atoms with Gasteiger partial charge < -0.3 is 19.7 Å². The summed E-state index contributed by atoms with van der Waals surface area (Å²) in [5, 5.41) is 21.5. The molecule has 37 heavy (non-hydrogen) atoms. The zero-order chi connectivity index (χ0) is 26.7. The number of methoxy groups -OCH3 is 1. The number of aliphatic hydroxyl groups is 1. The standard InChI is InChI=1S/C28H24ClNO7/c1-3-13-37-28(35)17-5-4-6-19(14-17)30-24(16-7-10-20(31)11-8-16)23(26(33)27(30)34)25(32)21-15-18(29)9-12-22(21)36-2/h4-12,14-15,24,31-32H,3,13H2,1-2H3/b25-23+. The van der Waals surface area contributed by atoms with Crippen LogP contribution in [-0.2, 0) is 14.3 Å². The highest BCUT2D eigenvalue weighted by molar-refractivity contribution is 6.51. The van der Waals surface area contributed by atoms with Crippen LogP contribution in [0.1, 0.15) is 40.9 Å². The molecule has 1 saturated heterocycles. The summed E-state index contributed by atoms with van der Waals surface area (Å²) in [4.78, 5) is 40.4. The SMILES string of the molecule is CCCOC(=O)c1cccc(N2C(=O)C(=O)/C(=C(/O)c3cc(Cl)ccc3OC)C2c2ccc(O)cc2)c1. The van der Waals surface area contributed by atoms with Gasteiger partial charge in [0.1, 0.15) is 17.3 Å². The number of carbonyl (C=O) groups is 3. The molecule has 4 rings (SSSR count). The van der Waals surface area contributed by atoms with Crippen molar-refractivity contribution in [2.75, 3.05) is 18.6 Å². The average Bonchev–Trinajstić information content (AvgIpc) is 3.17. The van der Waals surface area contributed by atoms with Crippen LogP contribution >= 0.6 is 11.6 Å². The van der Waals surface area contributed by atoms with Gasteiger partial charge in [0, 0.05) is 10.7 Å². The number of esters is 1. The van der Waals surface area contributed by atoms with E-state index in [1.807, 2.05) is 6.92 Å². The maximum Gasteiger partial charge on any atom is 0.338 e. The largest absolute Gasteiger partial charge is 0.508 e. The Hall–Kier alpha value is -4.30. The zero-order valence-electron chi connectivity index (χ0n) is 20.1. The van der Waals surface area contributed by atoms with Gasteiger partial charge in [0.15, 0.2) is 0 Å². The smallest absolute Gasteiger partial charge is 0.338 e. The number of phenols is 1. The average molecular weight is 522 g/mol. The van der Waals surface area contributed by atoms with Crippen LogP contribution in [0.2, 0.25) is 5.02 Å². The Bertz CT molecular complexity index is 1400. The van der Waals surface area contributed by atoms with Crippen LogP contribution in [0.4, 0.5) is 5.69 Å². The van der Waals surface area contributed by atoms with E-state index in [-0.39, 0.29) is 45.5 Å². The third-order valence-electron chi connectivity index (χ3n) is 5.87. The van der Waals surface area contributed by atoms with Crippen molar-refractivity contribution in [2.24, 2.45) is 0 Å². The van der Waals surface area contributed by atoms with E-state index in [1.54, 1.807) is 36.4 Å². The van der Waals surface area contributed by atoms with E-state index in [0.717, 1.165) is 0 Å². The normalized spacial score (nSPS) is 16.6. The number of nitrogens with zero attached hydrogens (tertiary/aromatic N) is 1. The Kier molecular flexibility index (Phi) is 7.50. The van der Waals surface area contributed by atoms with Gasteiger partial charge in [0.05, 0.1) is 36.5 Å². The van der Waals surface area contributed by atoms with E-state index in [9.17, 15) is 24.6 Å². The quantitative estimate of drug-likeness (QED) is 0.189. The lowest BCUT2D eigenvalue weighted by molar-refractivity contribution is -0.132. The molecule has 2 N–H and O–H groups in total. The number of ketones is 1. The summed E-state index contributed by atoms with van der Waals surface area (Å²) in [6, 6.07) is 15.5. The number of hydrogen-bond acceptors (Lipinski definition) is 7. The Morgan fingerprint density at radius 3 is 2.46 bits per heavy atom. The molecule has 0 aromatic heterocycles. The Morgan fingerprint density at radius 2 is 1.78 bits per heavy atom. The molecule has 1 aliphatic rings. The molecular weight excluding hydrogens is 498 g/mol. The highest BCUT2D eigenvalue weighted by Gasteiger charge is 2.47. The minimum Gasteiger partial charge on any atom is -0.508 e. The van der Waals surface area contributed by atoms with Crippen LogP contribution in [0.25, 0.3) is 5.76 Å². The fraction of sp³-hybridized carbons (Fsp3) is 0.179. The van der Waals surface area contributed by atoms with Crippen LogP contribution in [0, 0.1) is 0 Å². The lowest BCUT2D eigenvalue weighted by Gasteiger charge is -2.26. The third kappa shape index (κ3) is 5.01. The second-order valence-corrected chi connectivity index (χ2v) is 8.73. The first-order chi connectivity index (χ1) is 17.8. The summed E-state index contributed by atoms with van der Waals surface area (Å²) < 4.78 is 10.5. The van der Waals surface area contributed by atoms with Gasteiger partial charge in [0.2, 0.25) is 0 Å². The number of Topliss-reactive ketones (excluding diaryl/α,β-unsaturated/α-hetero) is 1. The first kappa shape index (κ1) is 25.8. The predicted molar refractivity (Wildman–Crippen MR) is 138 cm³/mol. The summed E-state index contributed by atoms with van der Waals surface area (Å²) >= 11 is 6.15. The van der Waals surface area contributed by atoms with Gasteiger partial charge in [-0.15, -0.1) is 0 Å². The number of aliphatic hydroxyl groups excluding tert-OH is 1. The molecule has 190 valence electrons. The van der Waals surface area contributed by atoms with Crippen molar-refractivity contribution >= 4 is 40.7 Å². The zero-order valence-corrected chi connectivity index (χ0v) is 20.9. The molecule has 3 aromatic carbocycles. The Morgan fingerprint density at radius 1 is 1.05 bits per heavy atom. The summed E-state index contributed by atoms with van der Waals surface area (Å²) in [7, 11) is 1.40. The molecule has 1 heterocycles. The maximum atomic E-state index is 13.4. The van der Waals surface area contributed by atoms with E-state index in [4.69, 9.17) is 21.1 Å². The first-order valence-electron chi connectivity index (χ1n) is 11.5. The van der Waals surface area contributed by atoms with Gasteiger partial charge >= 0.3 is 5.97 Å². The topological polar surface area (TPSA) is 113 Å². The number of phenolic OH excluding ortho intramolecular Hbond substituents is 1. The van der Waals surface area contributed by atoms with Crippen molar-refractivity contribution in [3.05, 3.63) is 94.0 Å². The van der Waals surface area contributed by atoms with Crippen LogP contribution in [-0.4, -0.2) is 41.6 Å². The van der Waals surface area contributed by atoms with E-state index < -0.39 is 29.5 Å². The summed E-state index contributed by atoms with van der Waals surface area (Å²) in [6.07, 6.45) is 0.647. The highest BCUT2D eigenvalue weighted by atomic mass is 35.5. The minimum absolute atomic E-state index is 0.0159. The van der Waals surface area contributed by atoms with E-state index in [2.05, 4.69) is 0 Å². The second-order valence-electron chi connectivity index (χ2n) is 8.29. The lowest BCUT2D eigenvalue weighted by Crippen LogP contribution is -2.29. The monoisotopic (exact) mass is 521 g/mol. The number of rotatable bonds is 7. The van der Waals surface area contributed by atoms with Crippen molar-refractivity contribution in [1.82, 2.24) is 0 Å². The van der Waals surface area contributed by atoms with Gasteiger partial charge in [-0.25, -0.2) is 4.79 Å². The number of ether oxygens (including phenoxy) is 2. The van der Waals surface area contributed by atoms with Gasteiger partial charge in [-0.3, -0.25) is 14.5 Å². The molecular formula is C28H24ClNO7. The molecule has 0 aliphatic carbocycles. The number of amides is 1. The van der Waals surface area contributed by atoms with E-state index >= 15 is 0 Å². The lowest BCUT2D eigenvalue weighted by atomic mass is 9.94. The molecule has 1 atom stereocenters. The molecule has 1 aliphatic heterocycles. The number of hydrogen-bond donors (Lipinski definition) is 2. The molecule has 8 nitrogen and oxygen atoms in total. The number of carbonyl (C=O) groups excluding carboxylic acids is 3. The molecule has 1 amide bonds. The third-order valence-corrected chi connectivity index (χ3v) is 6.10. The molecule has 0 spiro atoms. The van der Waals surface area contributed by atoms with Crippen LogP contribution < -0.4 is 9.64 Å². The van der Waals surface area contributed by atoms with Crippen molar-refractivity contribution in [3.8, 4) is 11.5 Å². The molecule has 1 unspecified atom stereocenters. The first-order valence-corrected chi connectivity index (χ1v) is 11.9. The van der Waals surface area contributed by atoms with Crippen LogP contribution in [0.3, 0.4) is 0 Å². The number of aromatic hydroxyl groups is 1. The van der Waals surface area contributed by atoms with Crippen LogP contribution in [0.5, 0.6) is 11.5 Å². The number of halogens is 1. The van der Waals surface area contributed by atoms with Crippen molar-refractivity contribution in [3.63, 3.8) is 0 Å². The fourth-order valence-electron chi connectivity index (χ4n) is 4.14. The predicted octanol–water partition coefficient (Wildman–Crippen LogP) is 5.25. The van der Waals surface area contributed by atoms with E-state index in [0.29, 0.717) is 12.0 Å². The van der Waals surface area contributed by atoms with E-state index in [1.165, 1.54) is 42.3 Å². The van der Waals surface area contributed by atoms with Gasteiger partial charge in [0.25, 0.3) is 11.7 Å². The van der Waals surface area contributed by atoms with Crippen molar-refractivity contribution in [1.29, 1.82) is 0 Å². The van der Waals surface area contributed by atoms with Crippen LogP contribution in [0.15, 0.2) is 72.3 Å². The summed E-state index contributed by atoms with van der Waals surface area (Å²) in [6.45, 7) is 2.11. The molecule has 0 radical (unpaired) electrons. The molecule has 1 fully saturated rings. The van der Waals surface area contributed by atoms with Crippen molar-refractivity contribution in [2.45, 2.75) is 19.4 Å². The van der Waals surface area contributed by atoms with Gasteiger partial charge in [-0.2, -0.15) is 0 Å².